The van der Waals surface area contributed by atoms with Crippen molar-refractivity contribution >= 4 is 40.5 Å². The first-order chi connectivity index (χ1) is 16.8. The number of rotatable bonds is 9. The number of nitrogens with zero attached hydrogens (tertiary/aromatic N) is 4. The fraction of sp³-hybridized carbons (Fsp3) is 0.250. The van der Waals surface area contributed by atoms with E-state index >= 15 is 0 Å². The van der Waals surface area contributed by atoms with Crippen LogP contribution >= 0.6 is 11.8 Å². The molecule has 0 aliphatic carbocycles. The Hall–Kier alpha value is -3.91. The van der Waals surface area contributed by atoms with Gasteiger partial charge in [-0.3, -0.25) is 14.5 Å². The van der Waals surface area contributed by atoms with Gasteiger partial charge in [-0.2, -0.15) is 14.0 Å². The third kappa shape index (κ3) is 6.80. The summed E-state index contributed by atoms with van der Waals surface area (Å²) in [4.78, 5) is 32.9. The molecule has 0 atom stereocenters. The van der Waals surface area contributed by atoms with E-state index in [1.165, 1.54) is 34.1 Å². The minimum absolute atomic E-state index is 0.00701. The predicted octanol–water partition coefficient (Wildman–Crippen LogP) is 4.15. The zero-order valence-electron chi connectivity index (χ0n) is 19.0. The Morgan fingerprint density at radius 1 is 1.20 bits per heavy atom. The lowest BCUT2D eigenvalue weighted by Gasteiger charge is -2.19. The Bertz CT molecular complexity index is 1160. The first-order valence-corrected chi connectivity index (χ1v) is 11.4. The van der Waals surface area contributed by atoms with Crippen LogP contribution in [0.15, 0.2) is 59.2 Å². The van der Waals surface area contributed by atoms with Gasteiger partial charge in [0.1, 0.15) is 17.2 Å². The number of halogens is 2. The number of aliphatic imine (C=N–C) groups is 1. The van der Waals surface area contributed by atoms with Crippen LogP contribution in [-0.4, -0.2) is 54.9 Å². The van der Waals surface area contributed by atoms with Gasteiger partial charge in [-0.15, -0.1) is 0 Å². The van der Waals surface area contributed by atoms with Crippen molar-refractivity contribution in [2.24, 2.45) is 4.99 Å². The molecule has 2 aromatic carbocycles. The lowest BCUT2D eigenvalue weighted by Crippen LogP contribution is -2.33. The second-order valence-electron chi connectivity index (χ2n) is 7.22. The Balaban J connectivity index is 1.86. The van der Waals surface area contributed by atoms with Gasteiger partial charge in [0, 0.05) is 13.6 Å². The number of hydrogen-bond acceptors (Lipinski definition) is 7. The van der Waals surface area contributed by atoms with E-state index in [-0.39, 0.29) is 34.7 Å². The van der Waals surface area contributed by atoms with E-state index < -0.39 is 12.5 Å². The molecule has 35 heavy (non-hydrogen) atoms. The number of amidine groups is 1. The Morgan fingerprint density at radius 2 is 1.86 bits per heavy atom. The molecule has 0 N–H and O–H groups in total. The summed E-state index contributed by atoms with van der Waals surface area (Å²) in [6, 6.07) is 14.6. The largest absolute Gasteiger partial charge is 0.497 e. The number of amides is 2. The van der Waals surface area contributed by atoms with Gasteiger partial charge in [0.15, 0.2) is 5.17 Å². The lowest BCUT2D eigenvalue weighted by atomic mass is 10.2. The molecule has 11 heteroatoms. The molecule has 0 bridgehead atoms. The monoisotopic (exact) mass is 500 g/mol. The molecule has 0 aromatic heterocycles. The summed E-state index contributed by atoms with van der Waals surface area (Å²) < 4.78 is 34.5. The van der Waals surface area contributed by atoms with Crippen LogP contribution in [0.1, 0.15) is 12.0 Å². The average molecular weight is 501 g/mol. The highest BCUT2D eigenvalue weighted by Gasteiger charge is 2.32. The second kappa shape index (κ2) is 12.0. The summed E-state index contributed by atoms with van der Waals surface area (Å²) in [5.74, 6) is -0.0570. The van der Waals surface area contributed by atoms with Crippen LogP contribution in [0.3, 0.4) is 0 Å². The average Bonchev–Trinajstić information content (AvgIpc) is 3.16. The van der Waals surface area contributed by atoms with Crippen LogP contribution < -0.4 is 14.4 Å². The molecule has 182 valence electrons. The third-order valence-corrected chi connectivity index (χ3v) is 5.80. The van der Waals surface area contributed by atoms with Gasteiger partial charge in [0.2, 0.25) is 5.91 Å². The van der Waals surface area contributed by atoms with Crippen LogP contribution in [-0.2, 0) is 9.59 Å². The quantitative estimate of drug-likeness (QED) is 0.480. The molecule has 0 radical (unpaired) electrons. The molecule has 0 unspecified atom stereocenters. The summed E-state index contributed by atoms with van der Waals surface area (Å²) in [5, 5.41) is 8.98. The van der Waals surface area contributed by atoms with Crippen molar-refractivity contribution in [3.63, 3.8) is 0 Å². The summed E-state index contributed by atoms with van der Waals surface area (Å²) in [6.07, 6.45) is 1.82. The van der Waals surface area contributed by atoms with Crippen LogP contribution in [0.4, 0.5) is 14.5 Å². The number of methoxy groups -OCH3 is 1. The van der Waals surface area contributed by atoms with E-state index in [1.807, 2.05) is 6.07 Å². The number of benzene rings is 2. The summed E-state index contributed by atoms with van der Waals surface area (Å²) in [5.41, 5.74) is 1.25. The van der Waals surface area contributed by atoms with Crippen molar-refractivity contribution in [2.75, 3.05) is 31.4 Å². The van der Waals surface area contributed by atoms with Crippen LogP contribution in [0, 0.1) is 11.3 Å². The summed E-state index contributed by atoms with van der Waals surface area (Å²) in [6.45, 7) is -2.68. The summed E-state index contributed by atoms with van der Waals surface area (Å²) >= 11 is 1.06. The lowest BCUT2D eigenvalue weighted by molar-refractivity contribution is -0.127. The maximum Gasteiger partial charge on any atom is 0.387 e. The molecule has 1 aliphatic rings. The zero-order valence-corrected chi connectivity index (χ0v) is 19.8. The van der Waals surface area contributed by atoms with Crippen LogP contribution in [0.25, 0.3) is 6.08 Å². The van der Waals surface area contributed by atoms with E-state index in [0.717, 1.165) is 17.3 Å². The van der Waals surface area contributed by atoms with Gasteiger partial charge in [-0.05, 0) is 48.0 Å². The van der Waals surface area contributed by atoms with E-state index in [1.54, 1.807) is 44.5 Å². The van der Waals surface area contributed by atoms with Gasteiger partial charge in [0.05, 0.1) is 31.0 Å². The van der Waals surface area contributed by atoms with Gasteiger partial charge < -0.3 is 14.4 Å². The number of thioether (sulfide) groups is 1. The van der Waals surface area contributed by atoms with Crippen molar-refractivity contribution < 1.29 is 27.8 Å². The first kappa shape index (κ1) is 25.7. The van der Waals surface area contributed by atoms with Crippen molar-refractivity contribution in [1.29, 1.82) is 5.26 Å². The Labute approximate surface area is 205 Å². The molecule has 8 nitrogen and oxygen atoms in total. The van der Waals surface area contributed by atoms with E-state index in [9.17, 15) is 18.4 Å². The van der Waals surface area contributed by atoms with E-state index in [2.05, 4.69) is 9.73 Å². The van der Waals surface area contributed by atoms with Gasteiger partial charge in [0.25, 0.3) is 5.91 Å². The molecule has 1 heterocycles. The van der Waals surface area contributed by atoms with Crippen molar-refractivity contribution in [2.45, 2.75) is 13.0 Å². The van der Waals surface area contributed by atoms with Crippen LogP contribution in [0.5, 0.6) is 11.5 Å². The first-order valence-electron chi connectivity index (χ1n) is 10.4. The van der Waals surface area contributed by atoms with Crippen molar-refractivity contribution in [3.05, 3.63) is 59.8 Å². The molecule has 0 fully saturated rings. The fourth-order valence-electron chi connectivity index (χ4n) is 3.03. The highest BCUT2D eigenvalue weighted by molar-refractivity contribution is 8.14. The van der Waals surface area contributed by atoms with Crippen molar-refractivity contribution in [1.82, 2.24) is 4.90 Å². The summed E-state index contributed by atoms with van der Waals surface area (Å²) in [7, 11) is 3.15. The predicted molar refractivity (Wildman–Crippen MR) is 129 cm³/mol. The van der Waals surface area contributed by atoms with E-state index in [4.69, 9.17) is 10.00 Å². The van der Waals surface area contributed by atoms with Crippen LogP contribution in [0.2, 0.25) is 0 Å². The number of carbonyl (C=O) groups excluding carboxylic acids is 2. The number of carbonyl (C=O) groups is 2. The smallest absolute Gasteiger partial charge is 0.387 e. The van der Waals surface area contributed by atoms with Gasteiger partial charge in [-0.1, -0.05) is 23.9 Å². The standard InChI is InChI=1S/C24H22F2N4O4S/c1-29(13-3-12-27)21(31)15-35-24-28-20(14-16-4-8-18(33-2)9-5-16)22(32)30(24)17-6-10-19(11-7-17)34-23(25)26/h4-11,14,23H,3,13,15H2,1-2H3/b20-14-. The molecule has 0 spiro atoms. The molecular formula is C24H22F2N4O4S. The topological polar surface area (TPSA) is 95.2 Å². The number of ether oxygens (including phenoxy) is 2. The minimum Gasteiger partial charge on any atom is -0.497 e. The highest BCUT2D eigenvalue weighted by atomic mass is 32.2. The molecule has 0 saturated heterocycles. The molecule has 3 rings (SSSR count). The Morgan fingerprint density at radius 3 is 2.46 bits per heavy atom. The number of nitriles is 1. The van der Waals surface area contributed by atoms with Gasteiger partial charge in [-0.25, -0.2) is 4.99 Å². The minimum atomic E-state index is -2.97. The maximum absolute atomic E-state index is 13.2. The number of alkyl halides is 2. The molecule has 2 amide bonds. The second-order valence-corrected chi connectivity index (χ2v) is 8.16. The van der Waals surface area contributed by atoms with Crippen molar-refractivity contribution in [3.8, 4) is 17.6 Å². The third-order valence-electron chi connectivity index (χ3n) is 4.88. The SMILES string of the molecule is COc1ccc(/C=C2\N=C(SCC(=O)N(C)CCC#N)N(c3ccc(OC(F)F)cc3)C2=O)cc1. The number of anilines is 1. The molecule has 0 saturated carbocycles. The molecular weight excluding hydrogens is 478 g/mol. The Kier molecular flexibility index (Phi) is 8.80. The van der Waals surface area contributed by atoms with Gasteiger partial charge >= 0.3 is 6.61 Å². The highest BCUT2D eigenvalue weighted by Crippen LogP contribution is 2.31. The molecule has 2 aromatic rings. The number of hydrogen-bond donors (Lipinski definition) is 0. The normalized spacial score (nSPS) is 14.2. The fourth-order valence-corrected chi connectivity index (χ4v) is 3.99. The molecule has 1 aliphatic heterocycles. The van der Waals surface area contributed by atoms with E-state index in [0.29, 0.717) is 18.0 Å². The zero-order chi connectivity index (χ0) is 25.4. The maximum atomic E-state index is 13.2.